The SMILES string of the molecule is CC1(CNS(=O)(=O)c2ccc(F)c(CO)c2F)CCCS1. The minimum Gasteiger partial charge on any atom is -0.391 e. The van der Waals surface area contributed by atoms with Crippen LogP contribution in [0.15, 0.2) is 17.0 Å². The van der Waals surface area contributed by atoms with Gasteiger partial charge in [0.05, 0.1) is 12.2 Å². The van der Waals surface area contributed by atoms with Crippen molar-refractivity contribution in [2.45, 2.75) is 36.0 Å². The van der Waals surface area contributed by atoms with Crippen LogP contribution in [-0.4, -0.2) is 30.6 Å². The molecule has 118 valence electrons. The van der Waals surface area contributed by atoms with Crippen LogP contribution in [0.5, 0.6) is 0 Å². The number of hydrogen-bond donors (Lipinski definition) is 2. The number of nitrogens with one attached hydrogen (secondary N) is 1. The van der Waals surface area contributed by atoms with Crippen molar-refractivity contribution in [3.8, 4) is 0 Å². The fraction of sp³-hybridized carbons (Fsp3) is 0.538. The van der Waals surface area contributed by atoms with E-state index in [2.05, 4.69) is 4.72 Å². The Kier molecular flexibility index (Phi) is 4.92. The lowest BCUT2D eigenvalue weighted by Gasteiger charge is -2.23. The minimum absolute atomic E-state index is 0.186. The minimum atomic E-state index is -4.08. The normalized spacial score (nSPS) is 22.7. The van der Waals surface area contributed by atoms with Gasteiger partial charge in [0.25, 0.3) is 0 Å². The Balaban J connectivity index is 2.24. The summed E-state index contributed by atoms with van der Waals surface area (Å²) in [5.74, 6) is -1.24. The number of rotatable bonds is 5. The topological polar surface area (TPSA) is 66.4 Å². The van der Waals surface area contributed by atoms with Crippen molar-refractivity contribution in [1.82, 2.24) is 4.72 Å². The van der Waals surface area contributed by atoms with E-state index < -0.39 is 38.7 Å². The maximum atomic E-state index is 14.0. The molecule has 4 nitrogen and oxygen atoms in total. The molecule has 1 aromatic rings. The number of hydrogen-bond acceptors (Lipinski definition) is 4. The van der Waals surface area contributed by atoms with E-state index in [4.69, 9.17) is 5.11 Å². The highest BCUT2D eigenvalue weighted by Gasteiger charge is 2.32. The van der Waals surface area contributed by atoms with E-state index >= 15 is 0 Å². The smallest absolute Gasteiger partial charge is 0.243 e. The second-order valence-corrected chi connectivity index (χ2v) is 8.64. The van der Waals surface area contributed by atoms with E-state index in [0.717, 1.165) is 30.7 Å². The summed E-state index contributed by atoms with van der Waals surface area (Å²) >= 11 is 1.67. The third-order valence-electron chi connectivity index (χ3n) is 3.53. The molecule has 1 aromatic carbocycles. The van der Waals surface area contributed by atoms with Gasteiger partial charge in [0.2, 0.25) is 10.0 Å². The predicted octanol–water partition coefficient (Wildman–Crippen LogP) is 2.02. The number of benzene rings is 1. The first-order chi connectivity index (χ1) is 9.79. The molecule has 0 spiro atoms. The molecule has 1 aliphatic rings. The second kappa shape index (κ2) is 6.20. The summed E-state index contributed by atoms with van der Waals surface area (Å²) in [6.07, 6.45) is 1.90. The van der Waals surface area contributed by atoms with E-state index in [1.165, 1.54) is 0 Å². The lowest BCUT2D eigenvalue weighted by Crippen LogP contribution is -2.37. The average Bonchev–Trinajstić information content (AvgIpc) is 2.84. The van der Waals surface area contributed by atoms with E-state index in [-0.39, 0.29) is 11.3 Å². The molecule has 8 heteroatoms. The monoisotopic (exact) mass is 337 g/mol. The Hall–Kier alpha value is -0.700. The van der Waals surface area contributed by atoms with Gasteiger partial charge in [-0.25, -0.2) is 21.9 Å². The van der Waals surface area contributed by atoms with Crippen LogP contribution >= 0.6 is 11.8 Å². The number of halogens is 2. The first-order valence-electron chi connectivity index (χ1n) is 6.50. The first kappa shape index (κ1) is 16.7. The quantitative estimate of drug-likeness (QED) is 0.863. The van der Waals surface area contributed by atoms with Crippen molar-refractivity contribution in [2.75, 3.05) is 12.3 Å². The zero-order valence-corrected chi connectivity index (χ0v) is 13.2. The van der Waals surface area contributed by atoms with Crippen LogP contribution < -0.4 is 4.72 Å². The van der Waals surface area contributed by atoms with Crippen LogP contribution in [0.1, 0.15) is 25.3 Å². The van der Waals surface area contributed by atoms with Crippen molar-refractivity contribution < 1.29 is 22.3 Å². The van der Waals surface area contributed by atoms with Gasteiger partial charge in [0.1, 0.15) is 10.7 Å². The van der Waals surface area contributed by atoms with Crippen molar-refractivity contribution in [3.63, 3.8) is 0 Å². The molecule has 1 saturated heterocycles. The predicted molar refractivity (Wildman–Crippen MR) is 77.6 cm³/mol. The Bertz CT molecular complexity index is 629. The third kappa shape index (κ3) is 3.56. The summed E-state index contributed by atoms with van der Waals surface area (Å²) in [5, 5.41) is 8.93. The molecule has 2 N–H and O–H groups in total. The maximum absolute atomic E-state index is 14.0. The lowest BCUT2D eigenvalue weighted by molar-refractivity contribution is 0.267. The van der Waals surface area contributed by atoms with Crippen LogP contribution in [0.3, 0.4) is 0 Å². The van der Waals surface area contributed by atoms with Gasteiger partial charge in [-0.05, 0) is 37.7 Å². The molecule has 0 bridgehead atoms. The third-order valence-corrected chi connectivity index (χ3v) is 6.49. The van der Waals surface area contributed by atoms with Crippen molar-refractivity contribution >= 4 is 21.8 Å². The summed E-state index contributed by atoms with van der Waals surface area (Å²) in [6.45, 7) is 1.24. The molecule has 1 heterocycles. The molecule has 1 unspecified atom stereocenters. The maximum Gasteiger partial charge on any atom is 0.243 e. The number of sulfonamides is 1. The summed E-state index contributed by atoms with van der Waals surface area (Å²) in [6, 6.07) is 1.71. The van der Waals surface area contributed by atoms with Gasteiger partial charge < -0.3 is 5.11 Å². The van der Waals surface area contributed by atoms with Crippen LogP contribution in [-0.2, 0) is 16.6 Å². The van der Waals surface area contributed by atoms with E-state index in [1.807, 2.05) is 6.92 Å². The number of aliphatic hydroxyl groups excluding tert-OH is 1. The molecule has 1 fully saturated rings. The highest BCUT2D eigenvalue weighted by Crippen LogP contribution is 2.37. The van der Waals surface area contributed by atoms with Crippen molar-refractivity contribution in [1.29, 1.82) is 0 Å². The van der Waals surface area contributed by atoms with E-state index in [1.54, 1.807) is 11.8 Å². The Morgan fingerprint density at radius 3 is 2.71 bits per heavy atom. The zero-order chi connectivity index (χ0) is 15.7. The van der Waals surface area contributed by atoms with Crippen molar-refractivity contribution in [3.05, 3.63) is 29.3 Å². The van der Waals surface area contributed by atoms with Crippen LogP contribution in [0.25, 0.3) is 0 Å². The van der Waals surface area contributed by atoms with Crippen molar-refractivity contribution in [2.24, 2.45) is 0 Å². The van der Waals surface area contributed by atoms with Gasteiger partial charge in [-0.1, -0.05) is 0 Å². The fourth-order valence-corrected chi connectivity index (χ4v) is 4.84. The van der Waals surface area contributed by atoms with E-state index in [9.17, 15) is 17.2 Å². The zero-order valence-electron chi connectivity index (χ0n) is 11.5. The average molecular weight is 337 g/mol. The first-order valence-corrected chi connectivity index (χ1v) is 8.97. The highest BCUT2D eigenvalue weighted by molar-refractivity contribution is 8.01. The molecule has 1 atom stereocenters. The van der Waals surface area contributed by atoms with Gasteiger partial charge in [-0.3, -0.25) is 0 Å². The summed E-state index contributed by atoms with van der Waals surface area (Å²) in [5.41, 5.74) is -0.640. The Morgan fingerprint density at radius 1 is 1.43 bits per heavy atom. The van der Waals surface area contributed by atoms with Crippen LogP contribution in [0.4, 0.5) is 8.78 Å². The van der Waals surface area contributed by atoms with Gasteiger partial charge >= 0.3 is 0 Å². The molecule has 0 aromatic heterocycles. The molecule has 21 heavy (non-hydrogen) atoms. The second-order valence-electron chi connectivity index (χ2n) is 5.22. The van der Waals surface area contributed by atoms with E-state index in [0.29, 0.717) is 0 Å². The Labute approximate surface area is 127 Å². The molecule has 1 aliphatic heterocycles. The Morgan fingerprint density at radius 2 is 2.14 bits per heavy atom. The molecular weight excluding hydrogens is 320 g/mol. The summed E-state index contributed by atoms with van der Waals surface area (Å²) < 4.78 is 53.8. The molecule has 2 rings (SSSR count). The molecule has 0 saturated carbocycles. The molecule has 0 amide bonds. The van der Waals surface area contributed by atoms with Crippen LogP contribution in [0.2, 0.25) is 0 Å². The number of thioether (sulfide) groups is 1. The van der Waals surface area contributed by atoms with Gasteiger partial charge in [0.15, 0.2) is 5.82 Å². The largest absolute Gasteiger partial charge is 0.391 e. The van der Waals surface area contributed by atoms with Crippen LogP contribution in [0, 0.1) is 11.6 Å². The molecule has 0 radical (unpaired) electrons. The lowest BCUT2D eigenvalue weighted by atomic mass is 10.1. The molecule has 0 aliphatic carbocycles. The summed E-state index contributed by atoms with van der Waals surface area (Å²) in [7, 11) is -4.08. The van der Waals surface area contributed by atoms with Gasteiger partial charge in [0, 0.05) is 11.3 Å². The number of aliphatic hydroxyl groups is 1. The van der Waals surface area contributed by atoms with Gasteiger partial charge in [-0.2, -0.15) is 11.8 Å². The standard InChI is InChI=1S/C13H17F2NO3S2/c1-13(5-2-6-20-13)8-16-21(18,19)11-4-3-10(14)9(7-17)12(11)15/h3-4,16-17H,2,5-8H2,1H3. The summed E-state index contributed by atoms with van der Waals surface area (Å²) in [4.78, 5) is -0.639. The van der Waals surface area contributed by atoms with Gasteiger partial charge in [-0.15, -0.1) is 0 Å². The fourth-order valence-electron chi connectivity index (χ4n) is 2.23. The molecular formula is C13H17F2NO3S2. The highest BCUT2D eigenvalue weighted by atomic mass is 32.2.